The van der Waals surface area contributed by atoms with Crippen LogP contribution in [0.1, 0.15) is 36.0 Å². The van der Waals surface area contributed by atoms with E-state index in [-0.39, 0.29) is 11.4 Å². The topological polar surface area (TPSA) is 60.8 Å². The summed E-state index contributed by atoms with van der Waals surface area (Å²) in [5.74, 6) is 0.808. The first-order chi connectivity index (χ1) is 15.7. The van der Waals surface area contributed by atoms with Gasteiger partial charge in [-0.15, -0.1) is 11.8 Å². The molecule has 5 heteroatoms. The van der Waals surface area contributed by atoms with Crippen LogP contribution < -0.4 is 0 Å². The fourth-order valence-electron chi connectivity index (χ4n) is 3.97. The van der Waals surface area contributed by atoms with Crippen LogP contribution in [0.2, 0.25) is 0 Å². The third-order valence-corrected chi connectivity index (χ3v) is 7.17. The van der Waals surface area contributed by atoms with Gasteiger partial charge in [-0.2, -0.15) is 0 Å². The summed E-state index contributed by atoms with van der Waals surface area (Å²) in [5, 5.41) is 18.5. The number of unbranched alkanes of at least 4 members (excludes halogenated alkanes) is 1. The predicted octanol–water partition coefficient (Wildman–Crippen LogP) is 5.85. The first-order valence-corrected chi connectivity index (χ1v) is 12.1. The minimum atomic E-state index is -0.895. The summed E-state index contributed by atoms with van der Waals surface area (Å²) < 4.78 is -0.380. The molecule has 1 amide bonds. The molecule has 2 N–H and O–H groups in total. The van der Waals surface area contributed by atoms with Crippen molar-refractivity contribution in [3.8, 4) is 0 Å². The van der Waals surface area contributed by atoms with Gasteiger partial charge in [-0.3, -0.25) is 0 Å². The number of carbonyl (C=O) groups is 1. The van der Waals surface area contributed by atoms with Gasteiger partial charge in [0.2, 0.25) is 0 Å². The smallest absolute Gasteiger partial charge is 0.407 e. The summed E-state index contributed by atoms with van der Waals surface area (Å²) in [5.41, 5.74) is 3.63. The minimum absolute atomic E-state index is 0.0943. The average Bonchev–Trinajstić information content (AvgIpc) is 2.84. The van der Waals surface area contributed by atoms with E-state index in [1.165, 1.54) is 21.6 Å². The van der Waals surface area contributed by atoms with Gasteiger partial charge in [0.25, 0.3) is 0 Å². The van der Waals surface area contributed by atoms with Crippen molar-refractivity contribution in [2.45, 2.75) is 24.0 Å². The van der Waals surface area contributed by atoms with Crippen molar-refractivity contribution in [1.29, 1.82) is 0 Å². The van der Waals surface area contributed by atoms with Crippen molar-refractivity contribution in [3.05, 3.63) is 108 Å². The number of benzene rings is 3. The highest BCUT2D eigenvalue weighted by Crippen LogP contribution is 2.48. The fourth-order valence-corrected chi connectivity index (χ4v) is 5.45. The maximum absolute atomic E-state index is 11.6. The van der Waals surface area contributed by atoms with Crippen LogP contribution >= 0.6 is 11.8 Å². The highest BCUT2D eigenvalue weighted by molar-refractivity contribution is 8.00. The molecule has 32 heavy (non-hydrogen) atoms. The standard InChI is InChI=1S/C27H31NO3S/c29-21-11-10-19-28(26(30)31)20-12-22-32-27(23-13-4-1-5-14-23,24-15-6-2-7-16-24)25-17-8-3-9-18-25/h1-9,13-18,29H,10-12,19-22H2,(H,30,31). The second-order valence-electron chi connectivity index (χ2n) is 7.68. The molecule has 0 fully saturated rings. The monoisotopic (exact) mass is 449 g/mol. The minimum Gasteiger partial charge on any atom is -0.465 e. The molecule has 0 aromatic heterocycles. The quantitative estimate of drug-likeness (QED) is 0.269. The molecular formula is C27H31NO3S. The van der Waals surface area contributed by atoms with Gasteiger partial charge in [0, 0.05) is 19.7 Å². The normalized spacial score (nSPS) is 11.3. The van der Waals surface area contributed by atoms with Crippen LogP contribution in [0.15, 0.2) is 91.0 Å². The SMILES string of the molecule is O=C(O)N(CCCCO)CCCSC(c1ccccc1)(c1ccccc1)c1ccccc1. The first-order valence-electron chi connectivity index (χ1n) is 11.1. The molecule has 0 bridgehead atoms. The van der Waals surface area contributed by atoms with Crippen LogP contribution in [0, 0.1) is 0 Å². The zero-order valence-corrected chi connectivity index (χ0v) is 19.1. The van der Waals surface area contributed by atoms with E-state index in [1.54, 1.807) is 0 Å². The van der Waals surface area contributed by atoms with E-state index in [0.717, 1.165) is 12.2 Å². The lowest BCUT2D eigenvalue weighted by Gasteiger charge is -2.35. The third kappa shape index (κ3) is 5.93. The highest BCUT2D eigenvalue weighted by atomic mass is 32.2. The molecule has 0 aliphatic heterocycles. The number of aliphatic hydroxyl groups excluding tert-OH is 1. The lowest BCUT2D eigenvalue weighted by Crippen LogP contribution is -2.32. The summed E-state index contributed by atoms with van der Waals surface area (Å²) in [7, 11) is 0. The van der Waals surface area contributed by atoms with Crippen LogP contribution in [0.5, 0.6) is 0 Å². The van der Waals surface area contributed by atoms with Gasteiger partial charge in [0.15, 0.2) is 0 Å². The molecule has 0 spiro atoms. The van der Waals surface area contributed by atoms with Crippen molar-refractivity contribution >= 4 is 17.9 Å². The van der Waals surface area contributed by atoms with Crippen LogP contribution in [-0.4, -0.2) is 46.7 Å². The molecule has 3 aromatic carbocycles. The van der Waals surface area contributed by atoms with Crippen LogP contribution in [-0.2, 0) is 4.75 Å². The van der Waals surface area contributed by atoms with Gasteiger partial charge >= 0.3 is 6.09 Å². The number of thioether (sulfide) groups is 1. The third-order valence-electron chi connectivity index (χ3n) is 5.54. The Bertz CT molecular complexity index is 838. The Kier molecular flexibility index (Phi) is 9.20. The van der Waals surface area contributed by atoms with Gasteiger partial charge in [-0.1, -0.05) is 91.0 Å². The van der Waals surface area contributed by atoms with Gasteiger partial charge in [0.1, 0.15) is 0 Å². The molecule has 3 aromatic rings. The second kappa shape index (κ2) is 12.3. The summed E-state index contributed by atoms with van der Waals surface area (Å²) in [6.07, 6.45) is 1.16. The lowest BCUT2D eigenvalue weighted by molar-refractivity contribution is 0.143. The molecule has 0 unspecified atom stereocenters. The van der Waals surface area contributed by atoms with Gasteiger partial charge in [-0.05, 0) is 41.7 Å². The number of hydrogen-bond donors (Lipinski definition) is 2. The van der Waals surface area contributed by atoms with Crippen molar-refractivity contribution in [3.63, 3.8) is 0 Å². The van der Waals surface area contributed by atoms with E-state index in [9.17, 15) is 9.90 Å². The summed E-state index contributed by atoms with van der Waals surface area (Å²) in [6.45, 7) is 1.04. The van der Waals surface area contributed by atoms with E-state index in [0.29, 0.717) is 25.9 Å². The average molecular weight is 450 g/mol. The molecule has 168 valence electrons. The maximum Gasteiger partial charge on any atom is 0.407 e. The summed E-state index contributed by atoms with van der Waals surface area (Å²) in [4.78, 5) is 13.1. The van der Waals surface area contributed by atoms with Gasteiger partial charge in [0.05, 0.1) is 4.75 Å². The van der Waals surface area contributed by atoms with Crippen molar-refractivity contribution < 1.29 is 15.0 Å². The predicted molar refractivity (Wildman–Crippen MR) is 132 cm³/mol. The van der Waals surface area contributed by atoms with Crippen molar-refractivity contribution in [2.75, 3.05) is 25.4 Å². The maximum atomic E-state index is 11.6. The van der Waals surface area contributed by atoms with E-state index in [1.807, 2.05) is 30.0 Å². The van der Waals surface area contributed by atoms with Crippen molar-refractivity contribution in [1.82, 2.24) is 4.90 Å². The zero-order chi connectivity index (χ0) is 22.7. The molecule has 4 nitrogen and oxygen atoms in total. The Labute approximate surface area is 194 Å². The van der Waals surface area contributed by atoms with Crippen LogP contribution in [0.25, 0.3) is 0 Å². The molecular weight excluding hydrogens is 418 g/mol. The highest BCUT2D eigenvalue weighted by Gasteiger charge is 2.36. The van der Waals surface area contributed by atoms with E-state index in [2.05, 4.69) is 72.8 Å². The second-order valence-corrected chi connectivity index (χ2v) is 8.99. The largest absolute Gasteiger partial charge is 0.465 e. The Balaban J connectivity index is 1.86. The van der Waals surface area contributed by atoms with E-state index >= 15 is 0 Å². The number of aliphatic hydroxyl groups is 1. The molecule has 0 atom stereocenters. The first kappa shape index (κ1) is 23.9. The van der Waals surface area contributed by atoms with Crippen molar-refractivity contribution in [2.24, 2.45) is 0 Å². The summed E-state index contributed by atoms with van der Waals surface area (Å²) in [6, 6.07) is 31.6. The fraction of sp³-hybridized carbons (Fsp3) is 0.296. The number of rotatable bonds is 12. The van der Waals surface area contributed by atoms with Crippen LogP contribution in [0.4, 0.5) is 4.79 Å². The number of amides is 1. The Morgan fingerprint density at radius 1 is 0.719 bits per heavy atom. The molecule has 0 aliphatic rings. The number of carboxylic acid groups (broad SMARTS) is 1. The molecule has 0 radical (unpaired) electrons. The molecule has 0 saturated heterocycles. The Morgan fingerprint density at radius 3 is 1.56 bits per heavy atom. The van der Waals surface area contributed by atoms with E-state index < -0.39 is 6.09 Å². The zero-order valence-electron chi connectivity index (χ0n) is 18.3. The van der Waals surface area contributed by atoms with Gasteiger partial charge < -0.3 is 15.1 Å². The molecule has 0 heterocycles. The molecule has 0 aliphatic carbocycles. The van der Waals surface area contributed by atoms with E-state index in [4.69, 9.17) is 5.11 Å². The van der Waals surface area contributed by atoms with Crippen LogP contribution in [0.3, 0.4) is 0 Å². The Hall–Kier alpha value is -2.76. The number of nitrogens with zero attached hydrogens (tertiary/aromatic N) is 1. The lowest BCUT2D eigenvalue weighted by atomic mass is 9.84. The Morgan fingerprint density at radius 2 is 1.16 bits per heavy atom. The van der Waals surface area contributed by atoms with Gasteiger partial charge in [-0.25, -0.2) is 4.79 Å². The summed E-state index contributed by atoms with van der Waals surface area (Å²) >= 11 is 1.85. The molecule has 0 saturated carbocycles. The number of hydrogen-bond acceptors (Lipinski definition) is 3. The molecule has 3 rings (SSSR count).